The highest BCUT2D eigenvalue weighted by Gasteiger charge is 2.31. The van der Waals surface area contributed by atoms with Crippen LogP contribution in [0, 0.1) is 0 Å². The molecule has 2 amide bonds. The lowest BCUT2D eigenvalue weighted by Gasteiger charge is -2.21. The van der Waals surface area contributed by atoms with Crippen molar-refractivity contribution in [2.75, 3.05) is 11.9 Å². The third-order valence-electron chi connectivity index (χ3n) is 4.78. The molecule has 0 radical (unpaired) electrons. The van der Waals surface area contributed by atoms with Crippen molar-refractivity contribution in [1.82, 2.24) is 5.32 Å². The number of aliphatic imine (C=N–C) groups is 1. The van der Waals surface area contributed by atoms with Crippen LogP contribution < -0.4 is 10.2 Å². The molecular weight excluding hydrogens is 386 g/mol. The van der Waals surface area contributed by atoms with Crippen LogP contribution in [0.25, 0.3) is 0 Å². The lowest BCUT2D eigenvalue weighted by atomic mass is 10.0. The standard InChI is InChI=1S/C23H18ClN3O2/c1-27-19-14-8-6-12-17(19)20(15-9-3-2-4-10-15)25-21(23(27)29)26-22(28)16-11-5-7-13-18(16)24/h2-14,21H,1H3,(H,26,28)/t21-/m0/s1. The van der Waals surface area contributed by atoms with E-state index in [1.54, 1.807) is 31.3 Å². The Morgan fingerprint density at radius 3 is 2.38 bits per heavy atom. The van der Waals surface area contributed by atoms with Gasteiger partial charge in [-0.3, -0.25) is 9.59 Å². The van der Waals surface area contributed by atoms with Crippen LogP contribution in [0.4, 0.5) is 5.69 Å². The maximum Gasteiger partial charge on any atom is 0.272 e. The summed E-state index contributed by atoms with van der Waals surface area (Å²) in [7, 11) is 1.68. The van der Waals surface area contributed by atoms with Crippen LogP contribution in [0.5, 0.6) is 0 Å². The van der Waals surface area contributed by atoms with E-state index >= 15 is 0 Å². The molecule has 6 heteroatoms. The van der Waals surface area contributed by atoms with Gasteiger partial charge in [0, 0.05) is 18.2 Å². The summed E-state index contributed by atoms with van der Waals surface area (Å²) in [6, 6.07) is 23.9. The molecule has 0 bridgehead atoms. The second-order valence-corrected chi connectivity index (χ2v) is 7.02. The second kappa shape index (κ2) is 7.89. The predicted octanol–water partition coefficient (Wildman–Crippen LogP) is 3.91. The van der Waals surface area contributed by atoms with E-state index in [0.29, 0.717) is 16.3 Å². The number of rotatable bonds is 3. The Bertz CT molecular complexity index is 1110. The maximum atomic E-state index is 13.1. The molecule has 1 heterocycles. The third-order valence-corrected chi connectivity index (χ3v) is 5.11. The quantitative estimate of drug-likeness (QED) is 0.720. The largest absolute Gasteiger partial charge is 0.322 e. The van der Waals surface area contributed by atoms with Crippen molar-refractivity contribution >= 4 is 34.8 Å². The minimum Gasteiger partial charge on any atom is -0.322 e. The van der Waals surface area contributed by atoms with Crippen molar-refractivity contribution in [3.63, 3.8) is 0 Å². The van der Waals surface area contributed by atoms with Crippen LogP contribution in [-0.2, 0) is 4.79 Å². The van der Waals surface area contributed by atoms with Gasteiger partial charge < -0.3 is 10.2 Å². The Morgan fingerprint density at radius 1 is 0.966 bits per heavy atom. The van der Waals surface area contributed by atoms with Gasteiger partial charge >= 0.3 is 0 Å². The summed E-state index contributed by atoms with van der Waals surface area (Å²) in [6.45, 7) is 0. The first-order valence-corrected chi connectivity index (χ1v) is 9.49. The molecule has 0 aliphatic carbocycles. The van der Waals surface area contributed by atoms with Crippen LogP contribution in [0.15, 0.2) is 83.9 Å². The van der Waals surface area contributed by atoms with E-state index in [2.05, 4.69) is 10.3 Å². The van der Waals surface area contributed by atoms with E-state index in [-0.39, 0.29) is 5.91 Å². The topological polar surface area (TPSA) is 61.8 Å². The molecule has 0 spiro atoms. The first-order chi connectivity index (χ1) is 14.1. The van der Waals surface area contributed by atoms with Crippen molar-refractivity contribution < 1.29 is 9.59 Å². The highest BCUT2D eigenvalue weighted by Crippen LogP contribution is 2.27. The number of carbonyl (C=O) groups is 2. The van der Waals surface area contributed by atoms with Crippen LogP contribution in [0.3, 0.4) is 0 Å². The van der Waals surface area contributed by atoms with Gasteiger partial charge in [-0.2, -0.15) is 0 Å². The second-order valence-electron chi connectivity index (χ2n) is 6.61. The van der Waals surface area contributed by atoms with Crippen LogP contribution in [-0.4, -0.2) is 30.7 Å². The van der Waals surface area contributed by atoms with Gasteiger partial charge in [-0.15, -0.1) is 0 Å². The fourth-order valence-electron chi connectivity index (χ4n) is 3.29. The molecule has 1 atom stereocenters. The number of likely N-dealkylation sites (N-methyl/N-ethyl adjacent to an activating group) is 1. The van der Waals surface area contributed by atoms with Gasteiger partial charge in [0.15, 0.2) is 0 Å². The third kappa shape index (κ3) is 3.65. The monoisotopic (exact) mass is 403 g/mol. The van der Waals surface area contributed by atoms with Crippen LogP contribution >= 0.6 is 11.6 Å². The SMILES string of the molecule is CN1C(=O)[C@H](NC(=O)c2ccccc2Cl)N=C(c2ccccc2)c2ccccc21. The molecule has 3 aromatic carbocycles. The van der Waals surface area contributed by atoms with E-state index < -0.39 is 12.1 Å². The molecule has 1 N–H and O–H groups in total. The van der Waals surface area contributed by atoms with Gasteiger partial charge in [-0.25, -0.2) is 4.99 Å². The first kappa shape index (κ1) is 18.9. The molecule has 0 saturated carbocycles. The average Bonchev–Trinajstić information content (AvgIpc) is 2.85. The van der Waals surface area contributed by atoms with Crippen LogP contribution in [0.2, 0.25) is 5.02 Å². The average molecular weight is 404 g/mol. The first-order valence-electron chi connectivity index (χ1n) is 9.12. The number of anilines is 1. The maximum absolute atomic E-state index is 13.1. The summed E-state index contributed by atoms with van der Waals surface area (Å²) >= 11 is 6.14. The summed E-state index contributed by atoms with van der Waals surface area (Å²) in [6.07, 6.45) is -1.08. The minimum absolute atomic E-state index is 0.294. The number of carbonyl (C=O) groups excluding carboxylic acids is 2. The molecule has 0 unspecified atom stereocenters. The molecular formula is C23H18ClN3O2. The summed E-state index contributed by atoms with van der Waals surface area (Å²) in [5, 5.41) is 3.04. The number of hydrogen-bond donors (Lipinski definition) is 1. The van der Waals surface area contributed by atoms with Gasteiger partial charge in [-0.05, 0) is 18.2 Å². The number of benzodiazepines with no additional fused rings is 1. The molecule has 1 aliphatic rings. The summed E-state index contributed by atoms with van der Waals surface area (Å²) in [5.74, 6) is -0.784. The molecule has 0 fully saturated rings. The Kier molecular flexibility index (Phi) is 5.14. The number of hydrogen-bond acceptors (Lipinski definition) is 3. The number of benzene rings is 3. The highest BCUT2D eigenvalue weighted by molar-refractivity contribution is 6.34. The molecule has 0 aromatic heterocycles. The number of para-hydroxylation sites is 1. The smallest absolute Gasteiger partial charge is 0.272 e. The van der Waals surface area contributed by atoms with E-state index in [4.69, 9.17) is 11.6 Å². The summed E-state index contributed by atoms with van der Waals surface area (Å²) in [5.41, 5.74) is 3.35. The zero-order valence-electron chi connectivity index (χ0n) is 15.7. The van der Waals surface area contributed by atoms with Gasteiger partial charge in [0.1, 0.15) is 0 Å². The van der Waals surface area contributed by atoms with E-state index in [1.165, 1.54) is 4.90 Å². The van der Waals surface area contributed by atoms with E-state index in [1.807, 2.05) is 54.6 Å². The minimum atomic E-state index is -1.08. The molecule has 29 heavy (non-hydrogen) atoms. The van der Waals surface area contributed by atoms with Crippen molar-refractivity contribution in [2.45, 2.75) is 6.17 Å². The normalized spacial score (nSPS) is 15.9. The predicted molar refractivity (Wildman–Crippen MR) is 115 cm³/mol. The molecule has 144 valence electrons. The molecule has 4 rings (SSSR count). The Balaban J connectivity index is 1.79. The zero-order chi connectivity index (χ0) is 20.4. The lowest BCUT2D eigenvalue weighted by Crippen LogP contribution is -2.46. The molecule has 3 aromatic rings. The van der Waals surface area contributed by atoms with Gasteiger partial charge in [0.05, 0.1) is 22.0 Å². The van der Waals surface area contributed by atoms with Gasteiger partial charge in [-0.1, -0.05) is 72.3 Å². The van der Waals surface area contributed by atoms with Crippen molar-refractivity contribution in [2.24, 2.45) is 4.99 Å². The number of nitrogens with zero attached hydrogens (tertiary/aromatic N) is 2. The van der Waals surface area contributed by atoms with Crippen molar-refractivity contribution in [1.29, 1.82) is 0 Å². The molecule has 5 nitrogen and oxygen atoms in total. The van der Waals surface area contributed by atoms with E-state index in [0.717, 1.165) is 16.8 Å². The van der Waals surface area contributed by atoms with Gasteiger partial charge in [0.2, 0.25) is 6.17 Å². The molecule has 0 saturated heterocycles. The highest BCUT2D eigenvalue weighted by atomic mass is 35.5. The lowest BCUT2D eigenvalue weighted by molar-refractivity contribution is -0.119. The fourth-order valence-corrected chi connectivity index (χ4v) is 3.51. The number of amides is 2. The van der Waals surface area contributed by atoms with E-state index in [9.17, 15) is 9.59 Å². The number of halogens is 1. The molecule has 1 aliphatic heterocycles. The number of fused-ring (bicyclic) bond motifs is 1. The summed E-state index contributed by atoms with van der Waals surface area (Å²) < 4.78 is 0. The van der Waals surface area contributed by atoms with Gasteiger partial charge in [0.25, 0.3) is 11.8 Å². The summed E-state index contributed by atoms with van der Waals surface area (Å²) in [4.78, 5) is 32.1. The Morgan fingerprint density at radius 2 is 1.62 bits per heavy atom. The number of nitrogens with one attached hydrogen (secondary N) is 1. The van der Waals surface area contributed by atoms with Crippen molar-refractivity contribution in [3.05, 3.63) is 101 Å². The Labute approximate surface area is 173 Å². The zero-order valence-corrected chi connectivity index (χ0v) is 16.4. The Hall–Kier alpha value is -3.44. The van der Waals surface area contributed by atoms with Crippen molar-refractivity contribution in [3.8, 4) is 0 Å². The van der Waals surface area contributed by atoms with Crippen LogP contribution in [0.1, 0.15) is 21.5 Å². The fraction of sp³-hybridized carbons (Fsp3) is 0.0870.